The largest absolute Gasteiger partial charge is 0.302 e. The van der Waals surface area contributed by atoms with Gasteiger partial charge < -0.3 is 4.90 Å². The minimum absolute atomic E-state index is 0.513. The summed E-state index contributed by atoms with van der Waals surface area (Å²) in [5.41, 5.74) is 0. The zero-order valence-electron chi connectivity index (χ0n) is 9.41. The molecule has 0 saturated carbocycles. The SMILES string of the molecule is CCCN(CCC)CCNS(C)(=O)=O. The van der Waals surface area contributed by atoms with Crippen LogP contribution in [-0.4, -0.2) is 45.8 Å². The van der Waals surface area contributed by atoms with Gasteiger partial charge in [0, 0.05) is 13.1 Å². The quantitative estimate of drug-likeness (QED) is 0.656. The Morgan fingerprint density at radius 2 is 1.57 bits per heavy atom. The average Bonchev–Trinajstić information content (AvgIpc) is 2.02. The third-order valence-electron chi connectivity index (χ3n) is 1.87. The molecule has 4 nitrogen and oxygen atoms in total. The van der Waals surface area contributed by atoms with Crippen LogP contribution in [0.25, 0.3) is 0 Å². The Bertz CT molecular complexity index is 221. The minimum atomic E-state index is -3.03. The molecule has 14 heavy (non-hydrogen) atoms. The first kappa shape index (κ1) is 13.9. The summed E-state index contributed by atoms with van der Waals surface area (Å²) < 4.78 is 24.1. The van der Waals surface area contributed by atoms with Gasteiger partial charge in [-0.3, -0.25) is 0 Å². The van der Waals surface area contributed by atoms with Crippen LogP contribution in [-0.2, 0) is 10.0 Å². The lowest BCUT2D eigenvalue weighted by molar-refractivity contribution is 0.279. The third-order valence-corrected chi connectivity index (χ3v) is 2.60. The molecule has 0 aromatic carbocycles. The molecule has 5 heteroatoms. The van der Waals surface area contributed by atoms with Gasteiger partial charge in [-0.05, 0) is 25.9 Å². The second-order valence-electron chi connectivity index (χ2n) is 3.51. The first-order chi connectivity index (χ1) is 6.49. The summed E-state index contributed by atoms with van der Waals surface area (Å²) in [6, 6.07) is 0. The molecule has 0 unspecified atom stereocenters. The lowest BCUT2D eigenvalue weighted by Gasteiger charge is -2.20. The van der Waals surface area contributed by atoms with E-state index in [4.69, 9.17) is 0 Å². The molecule has 0 aromatic heterocycles. The Labute approximate surface area is 87.7 Å². The van der Waals surface area contributed by atoms with Gasteiger partial charge in [0.2, 0.25) is 10.0 Å². The number of rotatable bonds is 8. The third kappa shape index (κ3) is 8.47. The Hall–Kier alpha value is -0.130. The van der Waals surface area contributed by atoms with E-state index in [1.807, 2.05) is 0 Å². The highest BCUT2D eigenvalue weighted by Gasteiger charge is 2.04. The Balaban J connectivity index is 3.70. The van der Waals surface area contributed by atoms with Crippen LogP contribution < -0.4 is 4.72 Å². The molecular weight excluding hydrogens is 200 g/mol. The highest BCUT2D eigenvalue weighted by molar-refractivity contribution is 7.88. The van der Waals surface area contributed by atoms with Crippen molar-refractivity contribution < 1.29 is 8.42 Å². The van der Waals surface area contributed by atoms with Crippen molar-refractivity contribution in [1.82, 2.24) is 9.62 Å². The van der Waals surface area contributed by atoms with E-state index in [1.54, 1.807) is 0 Å². The van der Waals surface area contributed by atoms with Crippen LogP contribution in [0, 0.1) is 0 Å². The summed E-state index contributed by atoms with van der Waals surface area (Å²) in [5, 5.41) is 0. The summed E-state index contributed by atoms with van der Waals surface area (Å²) >= 11 is 0. The van der Waals surface area contributed by atoms with Gasteiger partial charge in [0.25, 0.3) is 0 Å². The van der Waals surface area contributed by atoms with E-state index in [-0.39, 0.29) is 0 Å². The number of nitrogens with zero attached hydrogens (tertiary/aromatic N) is 1. The van der Waals surface area contributed by atoms with Crippen molar-refractivity contribution in [2.45, 2.75) is 26.7 Å². The second kappa shape index (κ2) is 7.20. The standard InChI is InChI=1S/C9H22N2O2S/c1-4-7-11(8-5-2)9-6-10-14(3,12)13/h10H,4-9H2,1-3H3. The van der Waals surface area contributed by atoms with E-state index in [2.05, 4.69) is 23.5 Å². The summed E-state index contributed by atoms with van der Waals surface area (Å²) in [6.07, 6.45) is 3.41. The maximum Gasteiger partial charge on any atom is 0.208 e. The molecule has 0 spiro atoms. The maximum absolute atomic E-state index is 10.8. The van der Waals surface area contributed by atoms with E-state index < -0.39 is 10.0 Å². The number of sulfonamides is 1. The molecule has 1 N–H and O–H groups in total. The van der Waals surface area contributed by atoms with E-state index in [0.29, 0.717) is 6.54 Å². The van der Waals surface area contributed by atoms with Gasteiger partial charge >= 0.3 is 0 Å². The first-order valence-corrected chi connectivity index (χ1v) is 7.05. The van der Waals surface area contributed by atoms with E-state index in [9.17, 15) is 8.42 Å². The maximum atomic E-state index is 10.8. The van der Waals surface area contributed by atoms with Crippen LogP contribution in [0.3, 0.4) is 0 Å². The van der Waals surface area contributed by atoms with Crippen molar-refractivity contribution in [3.8, 4) is 0 Å². The van der Waals surface area contributed by atoms with Gasteiger partial charge in [-0.1, -0.05) is 13.8 Å². The molecular formula is C9H22N2O2S. The van der Waals surface area contributed by atoms with Gasteiger partial charge in [0.1, 0.15) is 0 Å². The van der Waals surface area contributed by atoms with Gasteiger partial charge in [0.05, 0.1) is 6.26 Å². The molecule has 0 aliphatic rings. The van der Waals surface area contributed by atoms with Crippen LogP contribution in [0.4, 0.5) is 0 Å². The molecule has 86 valence electrons. The molecule has 0 fully saturated rings. The smallest absolute Gasteiger partial charge is 0.208 e. The lowest BCUT2D eigenvalue weighted by atomic mass is 10.3. The van der Waals surface area contributed by atoms with Crippen molar-refractivity contribution in [3.63, 3.8) is 0 Å². The number of nitrogens with one attached hydrogen (secondary N) is 1. The van der Waals surface area contributed by atoms with Crippen molar-refractivity contribution in [2.75, 3.05) is 32.4 Å². The monoisotopic (exact) mass is 222 g/mol. The van der Waals surface area contributed by atoms with Crippen molar-refractivity contribution in [2.24, 2.45) is 0 Å². The summed E-state index contributed by atoms with van der Waals surface area (Å²) in [5.74, 6) is 0. The normalized spacial score (nSPS) is 12.3. The number of hydrogen-bond acceptors (Lipinski definition) is 3. The molecule has 0 rings (SSSR count). The van der Waals surface area contributed by atoms with Crippen LogP contribution >= 0.6 is 0 Å². The average molecular weight is 222 g/mol. The van der Waals surface area contributed by atoms with Crippen LogP contribution in [0.1, 0.15) is 26.7 Å². The molecule has 0 aliphatic heterocycles. The zero-order valence-corrected chi connectivity index (χ0v) is 10.2. The molecule has 0 saturated heterocycles. The summed E-state index contributed by atoms with van der Waals surface area (Å²) in [7, 11) is -3.03. The fourth-order valence-corrected chi connectivity index (χ4v) is 1.82. The molecule has 0 bridgehead atoms. The lowest BCUT2D eigenvalue weighted by Crippen LogP contribution is -2.35. The van der Waals surface area contributed by atoms with Gasteiger partial charge in [-0.25, -0.2) is 13.1 Å². The van der Waals surface area contributed by atoms with Gasteiger partial charge in [0.15, 0.2) is 0 Å². The molecule has 0 aliphatic carbocycles. The Morgan fingerprint density at radius 1 is 1.07 bits per heavy atom. The molecule has 0 atom stereocenters. The fourth-order valence-electron chi connectivity index (χ4n) is 1.36. The fraction of sp³-hybridized carbons (Fsp3) is 1.00. The predicted octanol–water partition coefficient (Wildman–Crippen LogP) is 0.658. The highest BCUT2D eigenvalue weighted by atomic mass is 32.2. The molecule has 0 amide bonds. The molecule has 0 radical (unpaired) electrons. The highest BCUT2D eigenvalue weighted by Crippen LogP contribution is 1.92. The Kier molecular flexibility index (Phi) is 7.13. The zero-order chi connectivity index (χ0) is 11.0. The minimum Gasteiger partial charge on any atom is -0.302 e. The van der Waals surface area contributed by atoms with Gasteiger partial charge in [-0.15, -0.1) is 0 Å². The van der Waals surface area contributed by atoms with Gasteiger partial charge in [-0.2, -0.15) is 0 Å². The molecule has 0 heterocycles. The number of hydrogen-bond donors (Lipinski definition) is 1. The van der Waals surface area contributed by atoms with Crippen molar-refractivity contribution in [3.05, 3.63) is 0 Å². The van der Waals surface area contributed by atoms with Crippen molar-refractivity contribution >= 4 is 10.0 Å². The summed E-state index contributed by atoms with van der Waals surface area (Å²) in [4.78, 5) is 2.28. The summed E-state index contributed by atoms with van der Waals surface area (Å²) in [6.45, 7) is 7.66. The predicted molar refractivity (Wildman–Crippen MR) is 59.9 cm³/mol. The van der Waals surface area contributed by atoms with Crippen LogP contribution in [0.15, 0.2) is 0 Å². The van der Waals surface area contributed by atoms with E-state index in [0.717, 1.165) is 32.5 Å². The van der Waals surface area contributed by atoms with E-state index >= 15 is 0 Å². The van der Waals surface area contributed by atoms with E-state index in [1.165, 1.54) is 6.26 Å². The van der Waals surface area contributed by atoms with Crippen LogP contribution in [0.2, 0.25) is 0 Å². The molecule has 0 aromatic rings. The Morgan fingerprint density at radius 3 is 1.93 bits per heavy atom. The van der Waals surface area contributed by atoms with Crippen molar-refractivity contribution in [1.29, 1.82) is 0 Å². The van der Waals surface area contributed by atoms with Crippen LogP contribution in [0.5, 0.6) is 0 Å². The topological polar surface area (TPSA) is 49.4 Å². The first-order valence-electron chi connectivity index (χ1n) is 5.16. The second-order valence-corrected chi connectivity index (χ2v) is 5.34.